The molecule has 0 fully saturated rings. The molecule has 0 saturated heterocycles. The number of likely N-dealkylation sites (N-methyl/N-ethyl adjacent to an activating group) is 1. The highest BCUT2D eigenvalue weighted by molar-refractivity contribution is 5.64. The van der Waals surface area contributed by atoms with Crippen molar-refractivity contribution in [1.29, 1.82) is 0 Å². The quantitative estimate of drug-likeness (QED) is 0.917. The maximum Gasteiger partial charge on any atom is 0.126 e. The van der Waals surface area contributed by atoms with E-state index in [1.807, 2.05) is 24.8 Å². The van der Waals surface area contributed by atoms with Gasteiger partial charge in [0.15, 0.2) is 0 Å². The van der Waals surface area contributed by atoms with Crippen LogP contribution in [-0.2, 0) is 13.5 Å². The van der Waals surface area contributed by atoms with Gasteiger partial charge >= 0.3 is 0 Å². The number of hydrogen-bond donors (Lipinski definition) is 1. The summed E-state index contributed by atoms with van der Waals surface area (Å²) in [6.07, 6.45) is 0.937. The monoisotopic (exact) mass is 261 g/mol. The number of benzene rings is 1. The van der Waals surface area contributed by atoms with Gasteiger partial charge in [0, 0.05) is 31.3 Å². The molecule has 0 saturated carbocycles. The Balaban J connectivity index is 2.42. The normalized spacial score (nSPS) is 11.0. The third-order valence-corrected chi connectivity index (χ3v) is 3.47. The Bertz CT molecular complexity index is 587. The van der Waals surface area contributed by atoms with E-state index in [0.717, 1.165) is 24.2 Å². The molecule has 0 unspecified atom stereocenters. The van der Waals surface area contributed by atoms with E-state index in [1.165, 1.54) is 17.3 Å². The first-order valence-corrected chi connectivity index (χ1v) is 6.48. The van der Waals surface area contributed by atoms with Gasteiger partial charge in [-0.1, -0.05) is 0 Å². The third kappa shape index (κ3) is 2.68. The van der Waals surface area contributed by atoms with Crippen LogP contribution in [0.2, 0.25) is 0 Å². The molecule has 0 radical (unpaired) electrons. The molecule has 0 spiro atoms. The highest BCUT2D eigenvalue weighted by Crippen LogP contribution is 2.26. The molecule has 3 nitrogen and oxygen atoms in total. The predicted molar refractivity (Wildman–Crippen MR) is 75.7 cm³/mol. The van der Waals surface area contributed by atoms with E-state index < -0.39 is 0 Å². The smallest absolute Gasteiger partial charge is 0.126 e. The fraction of sp³-hybridized carbons (Fsp3) is 0.400. The SMILES string of the molecule is CNCCc1c(C)c(-c2ccc(F)c(C)c2)nn1C. The number of halogens is 1. The number of aromatic nitrogens is 2. The number of rotatable bonds is 4. The fourth-order valence-electron chi connectivity index (χ4n) is 2.32. The molecule has 0 bridgehead atoms. The number of nitrogens with zero attached hydrogens (tertiary/aromatic N) is 2. The van der Waals surface area contributed by atoms with E-state index in [2.05, 4.69) is 17.3 Å². The minimum atomic E-state index is -0.173. The van der Waals surface area contributed by atoms with E-state index >= 15 is 0 Å². The lowest BCUT2D eigenvalue weighted by molar-refractivity contribution is 0.618. The zero-order valence-electron chi connectivity index (χ0n) is 11.9. The molecule has 2 rings (SSSR count). The van der Waals surface area contributed by atoms with Gasteiger partial charge in [-0.15, -0.1) is 0 Å². The van der Waals surface area contributed by atoms with Crippen molar-refractivity contribution in [3.05, 3.63) is 40.8 Å². The summed E-state index contributed by atoms with van der Waals surface area (Å²) in [5.41, 5.74) is 4.95. The maximum absolute atomic E-state index is 13.3. The van der Waals surface area contributed by atoms with Crippen LogP contribution >= 0.6 is 0 Å². The van der Waals surface area contributed by atoms with Gasteiger partial charge in [0.25, 0.3) is 0 Å². The molecule has 1 heterocycles. The Labute approximate surface area is 113 Å². The summed E-state index contributed by atoms with van der Waals surface area (Å²) < 4.78 is 15.2. The van der Waals surface area contributed by atoms with Crippen molar-refractivity contribution < 1.29 is 4.39 Å². The average Bonchev–Trinajstić information content (AvgIpc) is 2.66. The summed E-state index contributed by atoms with van der Waals surface area (Å²) in [6.45, 7) is 4.77. The van der Waals surface area contributed by atoms with Crippen LogP contribution in [0.15, 0.2) is 18.2 Å². The van der Waals surface area contributed by atoms with E-state index in [1.54, 1.807) is 13.0 Å². The molecule has 1 N–H and O–H groups in total. The molecule has 0 aliphatic rings. The molecule has 4 heteroatoms. The Morgan fingerprint density at radius 1 is 1.32 bits per heavy atom. The number of hydrogen-bond acceptors (Lipinski definition) is 2. The molecule has 102 valence electrons. The lowest BCUT2D eigenvalue weighted by Crippen LogP contribution is -2.13. The summed E-state index contributed by atoms with van der Waals surface area (Å²) >= 11 is 0. The average molecular weight is 261 g/mol. The van der Waals surface area contributed by atoms with Crippen LogP contribution < -0.4 is 5.32 Å². The van der Waals surface area contributed by atoms with Gasteiger partial charge in [0.1, 0.15) is 5.82 Å². The highest BCUT2D eigenvalue weighted by Gasteiger charge is 2.14. The lowest BCUT2D eigenvalue weighted by atomic mass is 10.0. The topological polar surface area (TPSA) is 29.9 Å². The molecular weight excluding hydrogens is 241 g/mol. The molecule has 0 aliphatic heterocycles. The van der Waals surface area contributed by atoms with Crippen molar-refractivity contribution in [2.24, 2.45) is 7.05 Å². The van der Waals surface area contributed by atoms with Crippen molar-refractivity contribution in [2.75, 3.05) is 13.6 Å². The summed E-state index contributed by atoms with van der Waals surface area (Å²) in [5.74, 6) is -0.173. The molecular formula is C15H20FN3. The largest absolute Gasteiger partial charge is 0.319 e. The standard InChI is InChI=1S/C15H20FN3/c1-10-9-12(5-6-13(10)16)15-11(2)14(7-8-17-3)19(4)18-15/h5-6,9,17H,7-8H2,1-4H3. The Hall–Kier alpha value is -1.68. The van der Waals surface area contributed by atoms with E-state index in [9.17, 15) is 4.39 Å². The van der Waals surface area contributed by atoms with Gasteiger partial charge in [0.2, 0.25) is 0 Å². The van der Waals surface area contributed by atoms with Crippen LogP contribution in [0.25, 0.3) is 11.3 Å². The van der Waals surface area contributed by atoms with Crippen molar-refractivity contribution in [3.63, 3.8) is 0 Å². The van der Waals surface area contributed by atoms with Crippen molar-refractivity contribution in [2.45, 2.75) is 20.3 Å². The Kier molecular flexibility index (Phi) is 4.00. The van der Waals surface area contributed by atoms with Gasteiger partial charge < -0.3 is 5.32 Å². The Morgan fingerprint density at radius 2 is 2.05 bits per heavy atom. The van der Waals surface area contributed by atoms with Crippen LogP contribution in [0.5, 0.6) is 0 Å². The molecule has 2 aromatic rings. The van der Waals surface area contributed by atoms with Gasteiger partial charge in [0.05, 0.1) is 5.69 Å². The third-order valence-electron chi connectivity index (χ3n) is 3.47. The maximum atomic E-state index is 13.3. The summed E-state index contributed by atoms with van der Waals surface area (Å²) in [6, 6.07) is 5.15. The van der Waals surface area contributed by atoms with Crippen LogP contribution in [-0.4, -0.2) is 23.4 Å². The lowest BCUT2D eigenvalue weighted by Gasteiger charge is -2.03. The van der Waals surface area contributed by atoms with Crippen LogP contribution in [0.1, 0.15) is 16.8 Å². The molecule has 0 aliphatic carbocycles. The summed E-state index contributed by atoms with van der Waals surface area (Å²) in [5, 5.41) is 7.72. The molecule has 1 aromatic carbocycles. The summed E-state index contributed by atoms with van der Waals surface area (Å²) in [4.78, 5) is 0. The zero-order valence-corrected chi connectivity index (χ0v) is 11.9. The second-order valence-electron chi connectivity index (χ2n) is 4.86. The minimum Gasteiger partial charge on any atom is -0.319 e. The van der Waals surface area contributed by atoms with Crippen molar-refractivity contribution in [3.8, 4) is 11.3 Å². The molecule has 19 heavy (non-hydrogen) atoms. The van der Waals surface area contributed by atoms with Gasteiger partial charge in [-0.25, -0.2) is 4.39 Å². The van der Waals surface area contributed by atoms with Crippen molar-refractivity contribution >= 4 is 0 Å². The fourth-order valence-corrected chi connectivity index (χ4v) is 2.32. The van der Waals surface area contributed by atoms with Gasteiger partial charge in [-0.05, 0) is 50.2 Å². The van der Waals surface area contributed by atoms with Crippen LogP contribution in [0.4, 0.5) is 4.39 Å². The zero-order chi connectivity index (χ0) is 14.0. The first kappa shape index (κ1) is 13.7. The second-order valence-corrected chi connectivity index (χ2v) is 4.86. The Morgan fingerprint density at radius 3 is 2.68 bits per heavy atom. The molecule has 0 amide bonds. The van der Waals surface area contributed by atoms with Gasteiger partial charge in [-0.3, -0.25) is 4.68 Å². The van der Waals surface area contributed by atoms with Crippen molar-refractivity contribution in [1.82, 2.24) is 15.1 Å². The first-order chi connectivity index (χ1) is 9.04. The van der Waals surface area contributed by atoms with Gasteiger partial charge in [-0.2, -0.15) is 5.10 Å². The van der Waals surface area contributed by atoms with Crippen LogP contribution in [0.3, 0.4) is 0 Å². The number of nitrogens with one attached hydrogen (secondary N) is 1. The number of aryl methyl sites for hydroxylation is 2. The molecule has 1 aromatic heterocycles. The highest BCUT2D eigenvalue weighted by atomic mass is 19.1. The van der Waals surface area contributed by atoms with E-state index in [0.29, 0.717) is 5.56 Å². The van der Waals surface area contributed by atoms with E-state index in [-0.39, 0.29) is 5.82 Å². The van der Waals surface area contributed by atoms with E-state index in [4.69, 9.17) is 0 Å². The summed E-state index contributed by atoms with van der Waals surface area (Å²) in [7, 11) is 3.90. The van der Waals surface area contributed by atoms with Crippen LogP contribution in [0, 0.1) is 19.7 Å². The minimum absolute atomic E-state index is 0.173. The first-order valence-electron chi connectivity index (χ1n) is 6.48. The predicted octanol–water partition coefficient (Wildman–Crippen LogP) is 2.60. The second kappa shape index (κ2) is 5.53. The molecule has 0 atom stereocenters.